The van der Waals surface area contributed by atoms with Crippen LogP contribution in [0.5, 0.6) is 11.5 Å². The number of rotatable bonds is 14. The molecule has 4 aromatic rings. The Morgan fingerprint density at radius 2 is 1.63 bits per heavy atom. The van der Waals surface area contributed by atoms with Gasteiger partial charge in [-0.1, -0.05) is 24.3 Å². The summed E-state index contributed by atoms with van der Waals surface area (Å²) in [6.45, 7) is 9.19. The third-order valence-electron chi connectivity index (χ3n) is 7.71. The van der Waals surface area contributed by atoms with Crippen LogP contribution in [0.15, 0.2) is 77.8 Å². The van der Waals surface area contributed by atoms with E-state index < -0.39 is 51.2 Å². The molecule has 54 heavy (non-hydrogen) atoms. The molecule has 17 heteroatoms. The number of pyridine rings is 1. The van der Waals surface area contributed by atoms with Crippen molar-refractivity contribution in [3.63, 3.8) is 0 Å². The van der Waals surface area contributed by atoms with E-state index in [1.807, 2.05) is 39.0 Å². The number of nitrogens with two attached hydrogens (primary N) is 1. The van der Waals surface area contributed by atoms with Crippen molar-refractivity contribution in [2.75, 3.05) is 24.8 Å². The van der Waals surface area contributed by atoms with Crippen LogP contribution in [0.3, 0.4) is 0 Å². The zero-order valence-electron chi connectivity index (χ0n) is 30.4. The molecule has 0 saturated carbocycles. The van der Waals surface area contributed by atoms with Crippen molar-refractivity contribution in [2.24, 2.45) is 0 Å². The lowest BCUT2D eigenvalue weighted by Gasteiger charge is -2.26. The van der Waals surface area contributed by atoms with Gasteiger partial charge in [0.15, 0.2) is 21.3 Å². The fourth-order valence-corrected chi connectivity index (χ4v) is 6.42. The number of esters is 1. The first-order valence-corrected chi connectivity index (χ1v) is 18.2. The number of nitrogens with one attached hydrogen (secondary N) is 2. The topological polar surface area (TPSA) is 196 Å². The number of alkyl halides is 3. The first-order chi connectivity index (χ1) is 25.3. The summed E-state index contributed by atoms with van der Waals surface area (Å²) in [6, 6.07) is 16.8. The summed E-state index contributed by atoms with van der Waals surface area (Å²) >= 11 is 0. The number of amides is 1. The molecule has 1 unspecified atom stereocenters. The second kappa shape index (κ2) is 18.4. The van der Waals surface area contributed by atoms with E-state index in [4.69, 9.17) is 29.8 Å². The summed E-state index contributed by atoms with van der Waals surface area (Å²) in [5.41, 5.74) is 7.49. The molecule has 2 atom stereocenters. The van der Waals surface area contributed by atoms with Crippen LogP contribution >= 0.6 is 0 Å². The minimum Gasteiger partial charge on any atom is -0.490 e. The number of ether oxygens (including phenoxy) is 3. The Bertz CT molecular complexity index is 2060. The lowest BCUT2D eigenvalue weighted by Crippen LogP contribution is -2.38. The molecular formula is C37H43F3N4O9S. The molecule has 13 nitrogen and oxygen atoms in total. The number of halogens is 3. The Hall–Kier alpha value is -5.58. The smallest absolute Gasteiger partial charge is 0.490 e. The number of fused-ring (bicyclic) bond motifs is 1. The van der Waals surface area contributed by atoms with Crippen molar-refractivity contribution >= 4 is 50.0 Å². The molecule has 0 bridgehead atoms. The molecule has 0 aliphatic carbocycles. The summed E-state index contributed by atoms with van der Waals surface area (Å²) in [4.78, 5) is 40.1. The van der Waals surface area contributed by atoms with E-state index in [2.05, 4.69) is 15.6 Å². The summed E-state index contributed by atoms with van der Waals surface area (Å²) in [7, 11) is -2.53. The summed E-state index contributed by atoms with van der Waals surface area (Å²) in [5, 5.41) is 14.2. The SMILES string of the molecule is CCOc1cc(C(Nc2ccc3c(N)nccc3c2)C(=O)N[C@H](CC(=O)OC)c2ccccc2S(=O)(=O)C(C)C)ccc1OC(C)C.O=C(O)C(F)(F)F. The molecule has 0 radical (unpaired) electrons. The number of sulfone groups is 1. The molecule has 4 rings (SSSR count). The zero-order chi connectivity index (χ0) is 40.4. The van der Waals surface area contributed by atoms with Gasteiger partial charge in [-0.15, -0.1) is 0 Å². The largest absolute Gasteiger partial charge is 0.490 e. The molecule has 0 aliphatic rings. The molecule has 0 fully saturated rings. The van der Waals surface area contributed by atoms with E-state index in [-0.39, 0.29) is 23.0 Å². The number of carboxylic acids is 1. The monoisotopic (exact) mass is 776 g/mol. The van der Waals surface area contributed by atoms with Crippen molar-refractivity contribution in [1.29, 1.82) is 0 Å². The van der Waals surface area contributed by atoms with E-state index in [1.165, 1.54) is 13.2 Å². The van der Waals surface area contributed by atoms with Gasteiger partial charge in [-0.05, 0) is 93.6 Å². The fourth-order valence-electron chi connectivity index (χ4n) is 5.11. The van der Waals surface area contributed by atoms with Crippen molar-refractivity contribution in [2.45, 2.75) is 75.5 Å². The number of carbonyl (C=O) groups excluding carboxylic acids is 2. The minimum absolute atomic E-state index is 0.0308. The highest BCUT2D eigenvalue weighted by molar-refractivity contribution is 7.92. The number of benzene rings is 3. The van der Waals surface area contributed by atoms with Gasteiger partial charge in [-0.2, -0.15) is 13.2 Å². The highest BCUT2D eigenvalue weighted by Gasteiger charge is 2.38. The number of anilines is 2. The van der Waals surface area contributed by atoms with Crippen molar-refractivity contribution in [3.05, 3.63) is 84.1 Å². The second-order valence-corrected chi connectivity index (χ2v) is 14.8. The average molecular weight is 777 g/mol. The van der Waals surface area contributed by atoms with Crippen LogP contribution < -0.4 is 25.8 Å². The maximum Gasteiger partial charge on any atom is 0.490 e. The van der Waals surface area contributed by atoms with Gasteiger partial charge in [-0.3, -0.25) is 9.59 Å². The first kappa shape index (κ1) is 42.8. The van der Waals surface area contributed by atoms with Crippen molar-refractivity contribution < 1.29 is 55.3 Å². The number of hydrogen-bond donors (Lipinski definition) is 4. The van der Waals surface area contributed by atoms with E-state index in [9.17, 15) is 31.2 Å². The maximum atomic E-state index is 14.4. The molecule has 0 aliphatic heterocycles. The number of carbonyl (C=O) groups is 3. The minimum atomic E-state index is -5.08. The van der Waals surface area contributed by atoms with Gasteiger partial charge >= 0.3 is 18.1 Å². The lowest BCUT2D eigenvalue weighted by molar-refractivity contribution is -0.192. The average Bonchev–Trinajstić information content (AvgIpc) is 3.10. The molecule has 0 saturated heterocycles. The van der Waals surface area contributed by atoms with Gasteiger partial charge < -0.3 is 35.7 Å². The van der Waals surface area contributed by atoms with Crippen LogP contribution in [0.1, 0.15) is 64.3 Å². The zero-order valence-corrected chi connectivity index (χ0v) is 31.2. The Kier molecular flexibility index (Phi) is 14.6. The number of hydrogen-bond acceptors (Lipinski definition) is 11. The van der Waals surface area contributed by atoms with Crippen LogP contribution in [-0.4, -0.2) is 67.6 Å². The number of carboxylic acid groups (broad SMARTS) is 1. The van der Waals surface area contributed by atoms with Crippen molar-refractivity contribution in [1.82, 2.24) is 10.3 Å². The molecule has 0 spiro atoms. The fraction of sp³-hybridized carbons (Fsp3) is 0.351. The quantitative estimate of drug-likeness (QED) is 0.103. The molecular weight excluding hydrogens is 733 g/mol. The van der Waals surface area contributed by atoms with E-state index in [1.54, 1.807) is 62.5 Å². The predicted molar refractivity (Wildman–Crippen MR) is 196 cm³/mol. The van der Waals surface area contributed by atoms with Gasteiger partial charge in [0.1, 0.15) is 11.9 Å². The van der Waals surface area contributed by atoms with Crippen LogP contribution in [0.4, 0.5) is 24.7 Å². The number of methoxy groups -OCH3 is 1. The summed E-state index contributed by atoms with van der Waals surface area (Å²) < 4.78 is 75.2. The second-order valence-electron chi connectivity index (χ2n) is 12.3. The number of aromatic nitrogens is 1. The van der Waals surface area contributed by atoms with Crippen LogP contribution in [0.2, 0.25) is 0 Å². The molecule has 5 N–H and O–H groups in total. The van der Waals surface area contributed by atoms with Crippen molar-refractivity contribution in [3.8, 4) is 11.5 Å². The summed E-state index contributed by atoms with van der Waals surface area (Å²) in [6.07, 6.45) is -3.89. The Balaban J connectivity index is 0.00000102. The van der Waals surface area contributed by atoms with Gasteiger partial charge in [-0.25, -0.2) is 18.2 Å². The first-order valence-electron chi connectivity index (χ1n) is 16.6. The number of aliphatic carboxylic acids is 1. The van der Waals surface area contributed by atoms with Crippen LogP contribution in [0.25, 0.3) is 10.8 Å². The van der Waals surface area contributed by atoms with E-state index >= 15 is 0 Å². The van der Waals surface area contributed by atoms with Gasteiger partial charge in [0.2, 0.25) is 5.91 Å². The van der Waals surface area contributed by atoms with Gasteiger partial charge in [0, 0.05) is 17.3 Å². The Morgan fingerprint density at radius 3 is 2.22 bits per heavy atom. The highest BCUT2D eigenvalue weighted by atomic mass is 32.2. The van der Waals surface area contributed by atoms with Gasteiger partial charge in [0.05, 0.1) is 42.4 Å². The third kappa shape index (κ3) is 11.2. The highest BCUT2D eigenvalue weighted by Crippen LogP contribution is 2.35. The standard InChI is InChI=1S/C35H42N4O7S.C2HF3O2/c1-7-45-30-19-24(12-15-29(30)46-21(2)3)33(38-25-13-14-26-23(18-25)16-17-37-34(26)36)35(41)39-28(20-32(40)44-6)27-10-8-9-11-31(27)47(42,43)22(4)5;3-2(4,5)1(6)7/h8-19,21-22,28,33,38H,7,20H2,1-6H3,(H2,36,37)(H,39,41);(H,6,7)/t28-,33?;/m1./s1. The van der Waals surface area contributed by atoms with Crippen LogP contribution in [0, 0.1) is 0 Å². The summed E-state index contributed by atoms with van der Waals surface area (Å²) in [5.74, 6) is -2.54. The lowest BCUT2D eigenvalue weighted by atomic mass is 10.0. The van der Waals surface area contributed by atoms with Gasteiger partial charge in [0.25, 0.3) is 0 Å². The van der Waals surface area contributed by atoms with E-state index in [0.717, 1.165) is 10.8 Å². The molecule has 1 amide bonds. The third-order valence-corrected chi connectivity index (χ3v) is 9.94. The number of nitrogens with zero attached hydrogens (tertiary/aromatic N) is 1. The Morgan fingerprint density at radius 1 is 0.963 bits per heavy atom. The molecule has 292 valence electrons. The Labute approximate surface area is 310 Å². The molecule has 1 aromatic heterocycles. The van der Waals surface area contributed by atoms with E-state index in [0.29, 0.717) is 35.2 Å². The normalized spacial score (nSPS) is 12.6. The van der Waals surface area contributed by atoms with Crippen LogP contribution in [-0.2, 0) is 29.0 Å². The number of nitrogen functional groups attached to an aromatic ring is 1. The molecule has 3 aromatic carbocycles. The maximum absolute atomic E-state index is 14.4. The molecule has 1 heterocycles. The predicted octanol–water partition coefficient (Wildman–Crippen LogP) is 6.39.